The molecule has 172 valence electrons. The Bertz CT molecular complexity index is 908. The molecule has 0 aromatic heterocycles. The molecule has 1 aliphatic rings. The molecule has 3 rings (SSSR count). The minimum atomic E-state index is -2.05. The fourth-order valence-corrected chi connectivity index (χ4v) is 4.66. The number of benzene rings is 2. The van der Waals surface area contributed by atoms with E-state index >= 15 is 0 Å². The van der Waals surface area contributed by atoms with Crippen molar-refractivity contribution in [3.63, 3.8) is 0 Å². The van der Waals surface area contributed by atoms with Crippen molar-refractivity contribution in [2.45, 2.75) is 57.8 Å². The summed E-state index contributed by atoms with van der Waals surface area (Å²) in [5.41, 5.74) is 2.13. The van der Waals surface area contributed by atoms with E-state index in [1.807, 2.05) is 60.7 Å². The third kappa shape index (κ3) is 5.87. The zero-order chi connectivity index (χ0) is 23.4. The second-order valence-corrected chi connectivity index (χ2v) is 14.9. The van der Waals surface area contributed by atoms with Crippen molar-refractivity contribution in [2.75, 3.05) is 13.2 Å². The van der Waals surface area contributed by atoms with Gasteiger partial charge in [0.15, 0.2) is 8.32 Å². The standard InChI is InChI=1S/C26H35NO4Si/c1-26(2,3)32(4,5)31-18-22(16-20-12-8-6-9-13-20)24(28)27-23(19-30-25(27)29)17-21-14-10-7-11-15-21/h6-15,22-23H,16-19H2,1-5H3/t22-,23+/m1/s1. The van der Waals surface area contributed by atoms with Gasteiger partial charge in [-0.1, -0.05) is 81.4 Å². The monoisotopic (exact) mass is 453 g/mol. The lowest BCUT2D eigenvalue weighted by Gasteiger charge is -2.37. The van der Waals surface area contributed by atoms with Crippen molar-refractivity contribution in [1.29, 1.82) is 0 Å². The molecule has 0 spiro atoms. The van der Waals surface area contributed by atoms with Gasteiger partial charge in [-0.25, -0.2) is 9.69 Å². The average Bonchev–Trinajstić information content (AvgIpc) is 3.11. The molecule has 2 amide bonds. The molecule has 6 heteroatoms. The van der Waals surface area contributed by atoms with Crippen LogP contribution in [0, 0.1) is 5.92 Å². The molecule has 1 heterocycles. The van der Waals surface area contributed by atoms with Crippen LogP contribution in [0.1, 0.15) is 31.9 Å². The number of carbonyl (C=O) groups excluding carboxylic acids is 2. The van der Waals surface area contributed by atoms with Crippen molar-refractivity contribution in [3.8, 4) is 0 Å². The molecule has 0 saturated carbocycles. The lowest BCUT2D eigenvalue weighted by Crippen LogP contribution is -2.48. The number of amides is 2. The van der Waals surface area contributed by atoms with Gasteiger partial charge in [0.2, 0.25) is 5.91 Å². The highest BCUT2D eigenvalue weighted by molar-refractivity contribution is 6.74. The van der Waals surface area contributed by atoms with Crippen molar-refractivity contribution >= 4 is 20.3 Å². The first kappa shape index (κ1) is 24.2. The Morgan fingerprint density at radius 1 is 1.06 bits per heavy atom. The Morgan fingerprint density at radius 3 is 2.19 bits per heavy atom. The van der Waals surface area contributed by atoms with Gasteiger partial charge >= 0.3 is 6.09 Å². The summed E-state index contributed by atoms with van der Waals surface area (Å²) in [6.45, 7) is 11.4. The number of hydrogen-bond acceptors (Lipinski definition) is 4. The van der Waals surface area contributed by atoms with Gasteiger partial charge in [-0.3, -0.25) is 4.79 Å². The molecule has 0 radical (unpaired) electrons. The van der Waals surface area contributed by atoms with E-state index in [4.69, 9.17) is 9.16 Å². The van der Waals surface area contributed by atoms with Gasteiger partial charge in [-0.05, 0) is 42.1 Å². The third-order valence-corrected chi connectivity index (χ3v) is 11.1. The van der Waals surface area contributed by atoms with Gasteiger partial charge in [0.1, 0.15) is 6.61 Å². The summed E-state index contributed by atoms with van der Waals surface area (Å²) in [5.74, 6) is -0.661. The van der Waals surface area contributed by atoms with Crippen LogP contribution in [0.3, 0.4) is 0 Å². The number of rotatable bonds is 8. The predicted molar refractivity (Wildman–Crippen MR) is 129 cm³/mol. The second-order valence-electron chi connectivity index (χ2n) is 10.1. The fourth-order valence-electron chi connectivity index (χ4n) is 3.61. The molecular weight excluding hydrogens is 418 g/mol. The smallest absolute Gasteiger partial charge is 0.416 e. The summed E-state index contributed by atoms with van der Waals surface area (Å²) in [4.78, 5) is 27.6. The molecule has 2 aromatic carbocycles. The SMILES string of the molecule is CC(C)(C)[Si](C)(C)OC[C@@H](Cc1ccccc1)C(=O)N1C(=O)OC[C@@H]1Cc1ccccc1. The summed E-state index contributed by atoms with van der Waals surface area (Å²) in [7, 11) is -2.05. The van der Waals surface area contributed by atoms with Gasteiger partial charge in [-0.2, -0.15) is 0 Å². The molecular formula is C26H35NO4Si. The van der Waals surface area contributed by atoms with Crippen molar-refractivity contribution < 1.29 is 18.8 Å². The van der Waals surface area contributed by atoms with E-state index in [1.54, 1.807) is 0 Å². The van der Waals surface area contributed by atoms with E-state index in [0.29, 0.717) is 19.4 Å². The number of hydrogen-bond donors (Lipinski definition) is 0. The second kappa shape index (κ2) is 10.0. The molecule has 1 aliphatic heterocycles. The molecule has 1 saturated heterocycles. The van der Waals surface area contributed by atoms with Crippen molar-refractivity contribution in [1.82, 2.24) is 4.90 Å². The Labute approximate surface area is 192 Å². The number of ether oxygens (including phenoxy) is 1. The first-order chi connectivity index (χ1) is 15.1. The lowest BCUT2D eigenvalue weighted by molar-refractivity contribution is -0.134. The van der Waals surface area contributed by atoms with E-state index in [-0.39, 0.29) is 23.6 Å². The molecule has 0 unspecified atom stereocenters. The molecule has 1 fully saturated rings. The Kier molecular flexibility index (Phi) is 7.57. The maximum atomic E-state index is 13.7. The van der Waals surface area contributed by atoms with Crippen LogP contribution >= 0.6 is 0 Å². The van der Waals surface area contributed by atoms with Gasteiger partial charge < -0.3 is 9.16 Å². The van der Waals surface area contributed by atoms with Gasteiger partial charge in [0.05, 0.1) is 12.0 Å². The quantitative estimate of drug-likeness (QED) is 0.498. The number of nitrogens with zero attached hydrogens (tertiary/aromatic N) is 1. The van der Waals surface area contributed by atoms with Gasteiger partial charge in [-0.15, -0.1) is 0 Å². The molecule has 32 heavy (non-hydrogen) atoms. The topological polar surface area (TPSA) is 55.8 Å². The molecule has 0 bridgehead atoms. The maximum absolute atomic E-state index is 13.7. The van der Waals surface area contributed by atoms with E-state index in [0.717, 1.165) is 11.1 Å². The zero-order valence-corrected chi connectivity index (χ0v) is 20.8. The maximum Gasteiger partial charge on any atom is 0.416 e. The van der Waals surface area contributed by atoms with E-state index in [9.17, 15) is 9.59 Å². The van der Waals surface area contributed by atoms with Crippen LogP contribution in [-0.4, -0.2) is 44.5 Å². The summed E-state index contributed by atoms with van der Waals surface area (Å²) >= 11 is 0. The minimum absolute atomic E-state index is 0.0375. The number of imide groups is 1. The molecule has 0 aliphatic carbocycles. The van der Waals surface area contributed by atoms with Crippen LogP contribution in [0.15, 0.2) is 60.7 Å². The predicted octanol–water partition coefficient (Wildman–Crippen LogP) is 5.46. The van der Waals surface area contributed by atoms with Gasteiger partial charge in [0, 0.05) is 6.61 Å². The highest BCUT2D eigenvalue weighted by atomic mass is 28.4. The highest BCUT2D eigenvalue weighted by Crippen LogP contribution is 2.37. The fraction of sp³-hybridized carbons (Fsp3) is 0.462. The summed E-state index contributed by atoms with van der Waals surface area (Å²) < 4.78 is 11.7. The number of carbonyl (C=O) groups is 2. The number of cyclic esters (lactones) is 1. The normalized spacial score (nSPS) is 17.8. The first-order valence-electron chi connectivity index (χ1n) is 11.3. The summed E-state index contributed by atoms with van der Waals surface area (Å²) in [5, 5.41) is 0.0375. The molecule has 0 N–H and O–H groups in total. The molecule has 2 aromatic rings. The molecule has 2 atom stereocenters. The average molecular weight is 454 g/mol. The summed E-state index contributed by atoms with van der Waals surface area (Å²) in [6, 6.07) is 19.5. The lowest BCUT2D eigenvalue weighted by atomic mass is 9.97. The van der Waals surface area contributed by atoms with Crippen LogP contribution in [0.25, 0.3) is 0 Å². The Balaban J connectivity index is 1.81. The Morgan fingerprint density at radius 2 is 1.62 bits per heavy atom. The Hall–Kier alpha value is -2.44. The summed E-state index contributed by atoms with van der Waals surface area (Å²) in [6.07, 6.45) is 0.552. The highest BCUT2D eigenvalue weighted by Gasteiger charge is 2.43. The van der Waals surface area contributed by atoms with Crippen LogP contribution < -0.4 is 0 Å². The van der Waals surface area contributed by atoms with E-state index in [1.165, 1.54) is 4.90 Å². The largest absolute Gasteiger partial charge is 0.447 e. The van der Waals surface area contributed by atoms with Crippen LogP contribution in [0.2, 0.25) is 18.1 Å². The minimum Gasteiger partial charge on any atom is -0.447 e. The van der Waals surface area contributed by atoms with Gasteiger partial charge in [0.25, 0.3) is 0 Å². The first-order valence-corrected chi connectivity index (χ1v) is 14.2. The third-order valence-electron chi connectivity index (χ3n) is 6.64. The molecule has 5 nitrogen and oxygen atoms in total. The van der Waals surface area contributed by atoms with Crippen LogP contribution in [-0.2, 0) is 26.8 Å². The van der Waals surface area contributed by atoms with Crippen molar-refractivity contribution in [3.05, 3.63) is 71.8 Å². The van der Waals surface area contributed by atoms with Crippen molar-refractivity contribution in [2.24, 2.45) is 5.92 Å². The van der Waals surface area contributed by atoms with E-state index < -0.39 is 20.3 Å². The van der Waals surface area contributed by atoms with E-state index in [2.05, 4.69) is 33.9 Å². The van der Waals surface area contributed by atoms with Crippen LogP contribution in [0.4, 0.5) is 4.79 Å². The zero-order valence-electron chi connectivity index (χ0n) is 19.8. The van der Waals surface area contributed by atoms with Crippen LogP contribution in [0.5, 0.6) is 0 Å².